The van der Waals surface area contributed by atoms with Crippen molar-refractivity contribution in [3.63, 3.8) is 0 Å². The maximum Gasteiger partial charge on any atom is 0.417 e. The van der Waals surface area contributed by atoms with Gasteiger partial charge >= 0.3 is 6.18 Å². The van der Waals surface area contributed by atoms with Crippen LogP contribution in [0.2, 0.25) is 5.02 Å². The molecule has 2 nitrogen and oxygen atoms in total. The normalized spacial score (nSPS) is 18.3. The molecule has 1 radical (unpaired) electrons. The predicted molar refractivity (Wildman–Crippen MR) is 102 cm³/mol. The maximum absolute atomic E-state index is 12.8. The van der Waals surface area contributed by atoms with Crippen LogP contribution < -0.4 is 0 Å². The Kier molecular flexibility index (Phi) is 6.27. The third kappa shape index (κ3) is 5.14. The zero-order chi connectivity index (χ0) is 19.4. The Morgan fingerprint density at radius 2 is 1.85 bits per heavy atom. The Morgan fingerprint density at radius 1 is 1.15 bits per heavy atom. The van der Waals surface area contributed by atoms with E-state index in [9.17, 15) is 18.0 Å². The van der Waals surface area contributed by atoms with Crippen molar-refractivity contribution in [2.24, 2.45) is 0 Å². The molecular weight excluding hydrogens is 373 g/mol. The van der Waals surface area contributed by atoms with Crippen LogP contribution in [0, 0.1) is 0 Å². The molecule has 2 aromatic carbocycles. The molecule has 0 saturated carbocycles. The summed E-state index contributed by atoms with van der Waals surface area (Å²) in [5.74, 6) is 0.379. The van der Waals surface area contributed by atoms with Gasteiger partial charge in [0.25, 0.3) is 7.41 Å². The molecule has 141 valence electrons. The van der Waals surface area contributed by atoms with Gasteiger partial charge in [0.15, 0.2) is 0 Å². The Balaban J connectivity index is 1.67. The lowest BCUT2D eigenvalue weighted by molar-refractivity contribution is -0.137. The van der Waals surface area contributed by atoms with Crippen LogP contribution >= 0.6 is 11.6 Å². The van der Waals surface area contributed by atoms with Gasteiger partial charge in [-0.2, -0.15) is 13.2 Å². The third-order valence-electron chi connectivity index (χ3n) is 4.92. The van der Waals surface area contributed by atoms with E-state index in [2.05, 4.69) is 12.1 Å². The van der Waals surface area contributed by atoms with Crippen molar-refractivity contribution in [1.82, 2.24) is 4.81 Å². The summed E-state index contributed by atoms with van der Waals surface area (Å²) >= 11 is 5.79. The lowest BCUT2D eigenvalue weighted by Crippen LogP contribution is -2.37. The maximum atomic E-state index is 12.8. The summed E-state index contributed by atoms with van der Waals surface area (Å²) in [5.41, 5.74) is 2.16. The van der Waals surface area contributed by atoms with Crippen LogP contribution in [0.5, 0.6) is 0 Å². The zero-order valence-corrected chi connectivity index (χ0v) is 15.4. The first-order valence-corrected chi connectivity index (χ1v) is 9.22. The van der Waals surface area contributed by atoms with Gasteiger partial charge in [0.1, 0.15) is 0 Å². The molecule has 2 aromatic rings. The molecule has 1 unspecified atom stereocenters. The quantitative estimate of drug-likeness (QED) is 0.531. The number of piperidine rings is 1. The molecule has 1 heterocycles. The van der Waals surface area contributed by atoms with Crippen LogP contribution in [-0.4, -0.2) is 31.5 Å². The second kappa shape index (κ2) is 8.49. The Bertz CT molecular complexity index is 795. The lowest BCUT2D eigenvalue weighted by atomic mass is 9.84. The monoisotopic (exact) mass is 392 g/mol. The van der Waals surface area contributed by atoms with Crippen molar-refractivity contribution < 1.29 is 18.0 Å². The van der Waals surface area contributed by atoms with Crippen LogP contribution in [0.15, 0.2) is 42.5 Å². The Hall–Kier alpha value is -1.79. The average Bonchev–Trinajstić information content (AvgIpc) is 2.62. The predicted octanol–water partition coefficient (Wildman–Crippen LogP) is 4.94. The number of hydrogen-bond donors (Lipinski definition) is 0. The summed E-state index contributed by atoms with van der Waals surface area (Å²) in [6, 6.07) is 12.0. The van der Waals surface area contributed by atoms with Crippen molar-refractivity contribution >= 4 is 25.2 Å². The minimum absolute atomic E-state index is 0.273. The largest absolute Gasteiger partial charge is 0.417 e. The number of nitrogens with zero attached hydrogens (tertiary/aromatic N) is 1. The second-order valence-electron chi connectivity index (χ2n) is 6.85. The summed E-state index contributed by atoms with van der Waals surface area (Å²) in [7, 11) is 1.59. The van der Waals surface area contributed by atoms with Gasteiger partial charge in [-0.05, 0) is 67.1 Å². The molecule has 0 spiro atoms. The van der Waals surface area contributed by atoms with E-state index in [-0.39, 0.29) is 5.02 Å². The molecule has 3 rings (SSSR count). The SMILES string of the molecule is O=C[B]N1CCCC(c2ccc(Cc3ccc(C(F)(F)F)c(Cl)c3)cc2)C1. The van der Waals surface area contributed by atoms with E-state index < -0.39 is 11.7 Å². The Labute approximate surface area is 162 Å². The van der Waals surface area contributed by atoms with Crippen molar-refractivity contribution in [1.29, 1.82) is 0 Å². The second-order valence-corrected chi connectivity index (χ2v) is 7.26. The number of rotatable bonds is 5. The average molecular weight is 393 g/mol. The summed E-state index contributed by atoms with van der Waals surface area (Å²) in [6.07, 6.45) is -0.973. The highest BCUT2D eigenvalue weighted by molar-refractivity contribution is 6.64. The number of carbonyl (C=O) groups is 1. The standard InChI is InChI=1S/C20H19BClF3NO/c22-19-11-15(5-8-18(19)20(23,24)25)10-14-3-6-16(7-4-14)17-2-1-9-26(12-17)21-13-27/h3-8,11,13,17H,1-2,9-10,12H2. The summed E-state index contributed by atoms with van der Waals surface area (Å²) in [6.45, 7) is 1.73. The van der Waals surface area contributed by atoms with E-state index in [4.69, 9.17) is 11.6 Å². The van der Waals surface area contributed by atoms with Gasteiger partial charge in [-0.15, -0.1) is 0 Å². The van der Waals surface area contributed by atoms with Crippen molar-refractivity contribution in [3.8, 4) is 0 Å². The number of hydrogen-bond acceptors (Lipinski definition) is 2. The Morgan fingerprint density at radius 3 is 2.48 bits per heavy atom. The number of alkyl halides is 3. The van der Waals surface area contributed by atoms with Gasteiger partial charge in [-0.1, -0.05) is 41.9 Å². The van der Waals surface area contributed by atoms with Crippen LogP contribution in [-0.2, 0) is 17.4 Å². The van der Waals surface area contributed by atoms with Crippen LogP contribution in [0.3, 0.4) is 0 Å². The van der Waals surface area contributed by atoms with Crippen molar-refractivity contribution in [2.75, 3.05) is 13.1 Å². The van der Waals surface area contributed by atoms with E-state index in [0.29, 0.717) is 12.3 Å². The molecule has 0 aliphatic carbocycles. The molecule has 1 saturated heterocycles. The fourth-order valence-corrected chi connectivity index (χ4v) is 3.85. The summed E-state index contributed by atoms with van der Waals surface area (Å²) in [4.78, 5) is 12.7. The van der Waals surface area contributed by atoms with Crippen molar-refractivity contribution in [3.05, 3.63) is 69.7 Å². The third-order valence-corrected chi connectivity index (χ3v) is 5.24. The zero-order valence-electron chi connectivity index (χ0n) is 14.7. The molecule has 1 fully saturated rings. The van der Waals surface area contributed by atoms with Gasteiger partial charge < -0.3 is 9.61 Å². The highest BCUT2D eigenvalue weighted by Gasteiger charge is 2.33. The first-order valence-electron chi connectivity index (χ1n) is 8.84. The molecule has 1 atom stereocenters. The van der Waals surface area contributed by atoms with E-state index >= 15 is 0 Å². The highest BCUT2D eigenvalue weighted by Crippen LogP contribution is 2.35. The molecule has 7 heteroatoms. The van der Waals surface area contributed by atoms with E-state index in [1.54, 1.807) is 7.41 Å². The molecule has 1 aliphatic rings. The van der Waals surface area contributed by atoms with Crippen LogP contribution in [0.25, 0.3) is 0 Å². The van der Waals surface area contributed by atoms with Crippen LogP contribution in [0.1, 0.15) is 41.0 Å². The first-order chi connectivity index (χ1) is 12.9. The molecule has 27 heavy (non-hydrogen) atoms. The van der Waals surface area contributed by atoms with Crippen LogP contribution in [0.4, 0.5) is 13.2 Å². The van der Waals surface area contributed by atoms with Gasteiger partial charge in [0.2, 0.25) is 0 Å². The number of halogens is 4. The van der Waals surface area contributed by atoms with Gasteiger partial charge in [0, 0.05) is 0 Å². The molecule has 0 amide bonds. The smallest absolute Gasteiger partial charge is 0.339 e. The fourth-order valence-electron chi connectivity index (χ4n) is 3.54. The molecule has 0 N–H and O–H groups in total. The van der Waals surface area contributed by atoms with E-state index in [1.807, 2.05) is 16.9 Å². The van der Waals surface area contributed by atoms with Crippen molar-refractivity contribution in [2.45, 2.75) is 31.4 Å². The van der Waals surface area contributed by atoms with E-state index in [1.165, 1.54) is 17.7 Å². The molecule has 0 bridgehead atoms. The highest BCUT2D eigenvalue weighted by atomic mass is 35.5. The lowest BCUT2D eigenvalue weighted by Gasteiger charge is -2.31. The van der Waals surface area contributed by atoms with Gasteiger partial charge in [-0.3, -0.25) is 0 Å². The van der Waals surface area contributed by atoms with E-state index in [0.717, 1.165) is 49.3 Å². The molecule has 1 aliphatic heterocycles. The fraction of sp³-hybridized carbons (Fsp3) is 0.350. The number of benzene rings is 2. The molecule has 0 aromatic heterocycles. The first kappa shape index (κ1) is 20.0. The minimum Gasteiger partial charge on any atom is -0.339 e. The van der Waals surface area contributed by atoms with Gasteiger partial charge in [0.05, 0.1) is 16.8 Å². The summed E-state index contributed by atoms with van der Waals surface area (Å²) < 4.78 is 38.4. The molecular formula is C20H19BClF3NO. The summed E-state index contributed by atoms with van der Waals surface area (Å²) in [5, 5.41) is -0.273. The number of carbonyl (C=O) groups excluding carboxylic acids is 1. The minimum atomic E-state index is -4.44. The van der Waals surface area contributed by atoms with Gasteiger partial charge in [-0.25, -0.2) is 0 Å². The topological polar surface area (TPSA) is 20.3 Å².